The van der Waals surface area contributed by atoms with E-state index >= 15 is 0 Å². The minimum atomic E-state index is -3.42. The van der Waals surface area contributed by atoms with Crippen LogP contribution in [0.4, 0.5) is 0 Å². The predicted octanol–water partition coefficient (Wildman–Crippen LogP) is 0.888. The maximum absolute atomic E-state index is 12.6. The van der Waals surface area contributed by atoms with E-state index in [2.05, 4.69) is 9.62 Å². The lowest BCUT2D eigenvalue weighted by Crippen LogP contribution is -2.57. The topological polar surface area (TPSA) is 75.4 Å². The zero-order valence-corrected chi connectivity index (χ0v) is 13.3. The second kappa shape index (κ2) is 5.38. The summed E-state index contributed by atoms with van der Waals surface area (Å²) in [5.74, 6) is 0.489. The Kier molecular flexibility index (Phi) is 3.89. The smallest absolute Gasteiger partial charge is 0.241 e. The van der Waals surface area contributed by atoms with Crippen LogP contribution in [0, 0.1) is 12.8 Å². The number of nitrogens with one attached hydrogen (secondary N) is 1. The van der Waals surface area contributed by atoms with E-state index in [0.717, 1.165) is 42.2 Å². The summed E-state index contributed by atoms with van der Waals surface area (Å²) in [4.78, 5) is 4.48. The van der Waals surface area contributed by atoms with Crippen LogP contribution >= 0.6 is 11.3 Å². The van der Waals surface area contributed by atoms with Crippen molar-refractivity contribution in [3.05, 3.63) is 15.8 Å². The van der Waals surface area contributed by atoms with E-state index in [-0.39, 0.29) is 6.04 Å². The third kappa shape index (κ3) is 2.65. The Balaban J connectivity index is 1.80. The van der Waals surface area contributed by atoms with E-state index in [1.54, 1.807) is 6.07 Å². The molecule has 4 rings (SSSR count). The van der Waals surface area contributed by atoms with Gasteiger partial charge in [0.25, 0.3) is 0 Å². The maximum atomic E-state index is 12.6. The molecule has 3 N–H and O–H groups in total. The summed E-state index contributed by atoms with van der Waals surface area (Å²) in [5, 5.41) is 0. The Hall–Kier alpha value is -0.470. The van der Waals surface area contributed by atoms with E-state index in [4.69, 9.17) is 5.73 Å². The molecule has 1 unspecified atom stereocenters. The summed E-state index contributed by atoms with van der Waals surface area (Å²) in [7, 11) is -3.42. The molecule has 3 aliphatic rings. The molecule has 1 atom stereocenters. The van der Waals surface area contributed by atoms with Crippen LogP contribution in [0.15, 0.2) is 11.0 Å². The fraction of sp³-hybridized carbons (Fsp3) is 0.692. The number of nitrogens with zero attached hydrogens (tertiary/aromatic N) is 1. The Morgan fingerprint density at radius 2 is 2.15 bits per heavy atom. The van der Waals surface area contributed by atoms with Gasteiger partial charge in [0, 0.05) is 28.9 Å². The van der Waals surface area contributed by atoms with Gasteiger partial charge in [-0.25, -0.2) is 13.1 Å². The van der Waals surface area contributed by atoms with Crippen molar-refractivity contribution in [1.29, 1.82) is 0 Å². The number of thiophene rings is 1. The Labute approximate surface area is 124 Å². The van der Waals surface area contributed by atoms with Crippen molar-refractivity contribution < 1.29 is 8.42 Å². The minimum Gasteiger partial charge on any atom is -0.326 e. The van der Waals surface area contributed by atoms with Gasteiger partial charge in [-0.15, -0.1) is 11.3 Å². The van der Waals surface area contributed by atoms with Crippen LogP contribution in [0.5, 0.6) is 0 Å². The molecular weight excluding hydrogens is 294 g/mol. The fourth-order valence-electron chi connectivity index (χ4n) is 3.25. The van der Waals surface area contributed by atoms with Crippen molar-refractivity contribution in [1.82, 2.24) is 9.62 Å². The first-order valence-electron chi connectivity index (χ1n) is 7.03. The van der Waals surface area contributed by atoms with Gasteiger partial charge in [0.05, 0.1) is 4.90 Å². The number of hydrogen-bond donors (Lipinski definition) is 2. The van der Waals surface area contributed by atoms with E-state index in [9.17, 15) is 8.42 Å². The van der Waals surface area contributed by atoms with Gasteiger partial charge < -0.3 is 10.6 Å². The molecule has 1 aromatic heterocycles. The summed E-state index contributed by atoms with van der Waals surface area (Å²) in [6, 6.07) is 1.77. The number of rotatable bonds is 4. The van der Waals surface area contributed by atoms with Gasteiger partial charge in [-0.2, -0.15) is 0 Å². The Bertz CT molecular complexity index is 589. The Morgan fingerprint density at radius 3 is 2.65 bits per heavy atom. The normalized spacial score (nSPS) is 29.8. The van der Waals surface area contributed by atoms with Crippen molar-refractivity contribution in [2.24, 2.45) is 11.7 Å². The Morgan fingerprint density at radius 1 is 1.45 bits per heavy atom. The van der Waals surface area contributed by atoms with E-state index < -0.39 is 10.0 Å². The van der Waals surface area contributed by atoms with Crippen LogP contribution in [0.1, 0.15) is 22.6 Å². The number of nitrogens with two attached hydrogens (primary N) is 1. The quantitative estimate of drug-likeness (QED) is 0.865. The number of hydrogen-bond acceptors (Lipinski definition) is 5. The van der Waals surface area contributed by atoms with E-state index in [1.165, 1.54) is 11.3 Å². The highest BCUT2D eigenvalue weighted by atomic mass is 32.2. The van der Waals surface area contributed by atoms with Gasteiger partial charge in [0.15, 0.2) is 0 Å². The SMILES string of the molecule is Cc1sc(CN)cc1S(=O)(=O)NC1CN2CCC1CC2. The van der Waals surface area contributed by atoms with Crippen LogP contribution in [0.25, 0.3) is 0 Å². The predicted molar refractivity (Wildman–Crippen MR) is 80.2 cm³/mol. The fourth-order valence-corrected chi connectivity index (χ4v) is 6.06. The molecule has 5 nitrogen and oxygen atoms in total. The second-order valence-electron chi connectivity index (χ2n) is 5.70. The molecule has 0 aromatic carbocycles. The molecule has 0 aliphatic carbocycles. The van der Waals surface area contributed by atoms with Crippen molar-refractivity contribution in [3.63, 3.8) is 0 Å². The van der Waals surface area contributed by atoms with Gasteiger partial charge in [0.2, 0.25) is 10.0 Å². The first-order valence-corrected chi connectivity index (χ1v) is 9.33. The number of sulfonamides is 1. The van der Waals surface area contributed by atoms with Crippen molar-refractivity contribution >= 4 is 21.4 Å². The summed E-state index contributed by atoms with van der Waals surface area (Å²) in [6.45, 7) is 5.29. The molecule has 0 radical (unpaired) electrons. The summed E-state index contributed by atoms with van der Waals surface area (Å²) >= 11 is 1.46. The van der Waals surface area contributed by atoms with Gasteiger partial charge in [-0.1, -0.05) is 0 Å². The van der Waals surface area contributed by atoms with Gasteiger partial charge in [-0.3, -0.25) is 0 Å². The highest BCUT2D eigenvalue weighted by Gasteiger charge is 2.37. The van der Waals surface area contributed by atoms with Crippen LogP contribution < -0.4 is 10.5 Å². The summed E-state index contributed by atoms with van der Waals surface area (Å²) in [5.41, 5.74) is 5.60. The van der Waals surface area contributed by atoms with Gasteiger partial charge >= 0.3 is 0 Å². The molecule has 4 heterocycles. The third-order valence-electron chi connectivity index (χ3n) is 4.38. The molecular formula is C13H21N3O2S2. The molecule has 3 saturated heterocycles. The lowest BCUT2D eigenvalue weighted by atomic mass is 9.85. The molecule has 0 spiro atoms. The van der Waals surface area contributed by atoms with Crippen LogP contribution in [-0.2, 0) is 16.6 Å². The summed E-state index contributed by atoms with van der Waals surface area (Å²) in [6.07, 6.45) is 2.20. The van der Waals surface area contributed by atoms with Gasteiger partial charge in [-0.05, 0) is 44.8 Å². The van der Waals surface area contributed by atoms with Crippen molar-refractivity contribution in [2.45, 2.75) is 37.2 Å². The van der Waals surface area contributed by atoms with Crippen molar-refractivity contribution in [2.75, 3.05) is 19.6 Å². The molecule has 0 saturated carbocycles. The molecule has 3 aliphatic heterocycles. The summed E-state index contributed by atoms with van der Waals surface area (Å²) < 4.78 is 28.0. The molecule has 112 valence electrons. The largest absolute Gasteiger partial charge is 0.326 e. The molecule has 7 heteroatoms. The first kappa shape index (κ1) is 14.5. The molecule has 2 bridgehead atoms. The van der Waals surface area contributed by atoms with Gasteiger partial charge in [0.1, 0.15) is 0 Å². The standard InChI is InChI=1S/C13H21N3O2S2/c1-9-13(6-11(7-14)19-9)20(17,18)15-12-8-16-4-2-10(12)3-5-16/h6,10,12,15H,2-5,7-8,14H2,1H3. The first-order chi connectivity index (χ1) is 9.49. The minimum absolute atomic E-state index is 0.0585. The highest BCUT2D eigenvalue weighted by molar-refractivity contribution is 7.89. The number of fused-ring (bicyclic) bond motifs is 3. The van der Waals surface area contributed by atoms with E-state index in [1.807, 2.05) is 6.92 Å². The molecule has 1 aromatic rings. The van der Waals surface area contributed by atoms with Crippen LogP contribution in [-0.4, -0.2) is 39.0 Å². The second-order valence-corrected chi connectivity index (χ2v) is 8.73. The number of piperidine rings is 3. The molecule has 3 fully saturated rings. The average molecular weight is 315 g/mol. The average Bonchev–Trinajstić information content (AvgIpc) is 2.82. The van der Waals surface area contributed by atoms with Crippen LogP contribution in [0.2, 0.25) is 0 Å². The maximum Gasteiger partial charge on any atom is 0.241 e. The van der Waals surface area contributed by atoms with Crippen LogP contribution in [0.3, 0.4) is 0 Å². The van der Waals surface area contributed by atoms with Crippen molar-refractivity contribution in [3.8, 4) is 0 Å². The third-order valence-corrected chi connectivity index (χ3v) is 7.19. The molecule has 0 amide bonds. The lowest BCUT2D eigenvalue weighted by molar-refractivity contribution is 0.0827. The lowest BCUT2D eigenvalue weighted by Gasteiger charge is -2.44. The zero-order valence-electron chi connectivity index (χ0n) is 11.6. The van der Waals surface area contributed by atoms with E-state index in [0.29, 0.717) is 17.4 Å². The zero-order chi connectivity index (χ0) is 14.3. The number of aryl methyl sites for hydroxylation is 1. The highest BCUT2D eigenvalue weighted by Crippen LogP contribution is 2.30. The molecule has 20 heavy (non-hydrogen) atoms. The monoisotopic (exact) mass is 315 g/mol.